The van der Waals surface area contributed by atoms with E-state index in [0.717, 1.165) is 137 Å². The summed E-state index contributed by atoms with van der Waals surface area (Å²) in [6.45, 7) is 0. The first-order valence-electron chi connectivity index (χ1n) is 29.5. The number of halogens is 4. The Kier molecular flexibility index (Phi) is 30.6. The Morgan fingerprint density at radius 3 is 0.302 bits per heavy atom. The van der Waals surface area contributed by atoms with E-state index in [0.29, 0.717) is 0 Å². The van der Waals surface area contributed by atoms with Crippen molar-refractivity contribution in [2.45, 2.75) is 0 Å². The van der Waals surface area contributed by atoms with Crippen molar-refractivity contribution in [2.75, 3.05) is 0 Å². The zero-order chi connectivity index (χ0) is 74.3. The van der Waals surface area contributed by atoms with Crippen LogP contribution in [0.5, 0.6) is 0 Å². The van der Waals surface area contributed by atoms with Gasteiger partial charge in [0.1, 0.15) is 0 Å². The van der Waals surface area contributed by atoms with Crippen molar-refractivity contribution in [3.63, 3.8) is 0 Å². The summed E-state index contributed by atoms with van der Waals surface area (Å²) in [6.07, 6.45) is 7.06. The van der Waals surface area contributed by atoms with Gasteiger partial charge in [0.15, 0.2) is 0 Å². The second kappa shape index (κ2) is 39.1. The molecular formula is C70H46Cl4Fe2N14O16. The Morgan fingerprint density at radius 1 is 0.132 bits per heavy atom. The van der Waals surface area contributed by atoms with Crippen molar-refractivity contribution in [2.24, 2.45) is 0 Å². The van der Waals surface area contributed by atoms with Crippen molar-refractivity contribution in [1.29, 1.82) is 0 Å². The Bertz CT molecular complexity index is 4450. The van der Waals surface area contributed by atoms with Crippen LogP contribution >= 0.6 is 0 Å². The molecule has 536 valence electrons. The van der Waals surface area contributed by atoms with Crippen LogP contribution in [0.15, 0.2) is 280 Å². The number of hydrogen-bond acceptors (Lipinski definition) is 30. The first-order chi connectivity index (χ1) is 49.6. The molecule has 0 atom stereocenters. The van der Waals surface area contributed by atoms with E-state index in [1.54, 1.807) is 24.8 Å². The number of hydrogen-bond donors (Lipinski definition) is 0. The van der Waals surface area contributed by atoms with E-state index >= 15 is 0 Å². The van der Waals surface area contributed by atoms with Crippen LogP contribution in [0.2, 0.25) is 0 Å². The van der Waals surface area contributed by atoms with E-state index < -0.39 is 41.0 Å². The average Bonchev–Trinajstić information content (AvgIpc) is 0.814. The van der Waals surface area contributed by atoms with Gasteiger partial charge < -0.3 is 0 Å². The molecule has 0 saturated carbocycles. The minimum absolute atomic E-state index is 0. The third-order valence-corrected chi connectivity index (χ3v) is 13.3. The molecule has 0 aliphatic carbocycles. The maximum Gasteiger partial charge on any atom is 2.00 e. The van der Waals surface area contributed by atoms with Crippen LogP contribution in [0.1, 0.15) is 0 Å². The molecule has 0 radical (unpaired) electrons. The molecule has 0 spiro atoms. The number of aromatic nitrogens is 14. The van der Waals surface area contributed by atoms with Crippen molar-refractivity contribution >= 4 is 0 Å². The fourth-order valence-corrected chi connectivity index (χ4v) is 9.26. The van der Waals surface area contributed by atoms with Crippen LogP contribution in [0.4, 0.5) is 0 Å². The number of pyridine rings is 14. The van der Waals surface area contributed by atoms with Crippen molar-refractivity contribution in [3.8, 4) is 137 Å². The van der Waals surface area contributed by atoms with Crippen LogP contribution < -0.4 is 74.5 Å². The van der Waals surface area contributed by atoms with E-state index in [-0.39, 0.29) is 34.1 Å². The molecular weight excluding hydrogens is 1550 g/mol. The molecule has 0 saturated heterocycles. The molecule has 106 heavy (non-hydrogen) atoms. The van der Waals surface area contributed by atoms with Crippen molar-refractivity contribution in [3.05, 3.63) is 280 Å². The molecule has 0 N–H and O–H groups in total. The van der Waals surface area contributed by atoms with Gasteiger partial charge in [-0.2, -0.15) is 0 Å². The van der Waals surface area contributed by atoms with Crippen LogP contribution in [0.3, 0.4) is 0 Å². The van der Waals surface area contributed by atoms with E-state index in [1.165, 1.54) is 0 Å². The van der Waals surface area contributed by atoms with E-state index in [4.69, 9.17) is 124 Å². The van der Waals surface area contributed by atoms with Crippen LogP contribution in [-0.2, 0) is 34.1 Å². The summed E-state index contributed by atoms with van der Waals surface area (Å²) in [5.41, 5.74) is 18.6. The predicted octanol–water partition coefficient (Wildman–Crippen LogP) is -4.12. The summed E-state index contributed by atoms with van der Waals surface area (Å²) in [4.78, 5) is 66.4. The topological polar surface area (TPSA) is 549 Å². The minimum atomic E-state index is -4.94. The summed E-state index contributed by atoms with van der Waals surface area (Å²) < 4.78 is 136. The molecule has 14 heterocycles. The summed E-state index contributed by atoms with van der Waals surface area (Å²) in [6, 6.07) is 81.9. The molecule has 0 aromatic carbocycles. The summed E-state index contributed by atoms with van der Waals surface area (Å²) in [5, 5.41) is 0. The van der Waals surface area contributed by atoms with Gasteiger partial charge in [-0.1, -0.05) is 84.9 Å². The van der Waals surface area contributed by atoms with Crippen LogP contribution in [0, 0.1) is 41.0 Å². The molecule has 0 fully saturated rings. The summed E-state index contributed by atoms with van der Waals surface area (Å²) >= 11 is 0. The van der Waals surface area contributed by atoms with Gasteiger partial charge in [0.25, 0.3) is 0 Å². The largest absolute Gasteiger partial charge is 2.00 e. The van der Waals surface area contributed by atoms with Crippen LogP contribution in [-0.4, -0.2) is 69.8 Å². The Hall–Kier alpha value is -10.3. The number of rotatable bonds is 12. The second-order valence-corrected chi connectivity index (χ2v) is 23.5. The molecule has 36 heteroatoms. The zero-order valence-corrected chi connectivity index (χ0v) is 58.8. The van der Waals surface area contributed by atoms with Gasteiger partial charge in [0.05, 0.1) is 137 Å². The average molecular weight is 1590 g/mol. The Morgan fingerprint density at radius 2 is 0.217 bits per heavy atom. The van der Waals surface area contributed by atoms with E-state index in [1.807, 2.05) is 255 Å². The maximum atomic E-state index is 8.49. The van der Waals surface area contributed by atoms with Gasteiger partial charge in [-0.15, -0.1) is 41.0 Å². The third kappa shape index (κ3) is 27.9. The normalized spacial score (nSPS) is 10.9. The fourth-order valence-electron chi connectivity index (χ4n) is 9.26. The standard InChI is InChI=1S/2C35H23N7.4ClHO4.2Fe/c2*1-3-22-36-24(10-1)26-12-5-14-28(38-26)30-16-7-18-32(40-30)34-20-9-21-35(42-34)33-19-8-17-31(41-33)29-15-6-13-27(39-29)25-11-2-4-23-37-25;4*2-1(3,4)5;;/h2*1-23H;4*(H,2,3,4,5);;/q;;;;;;2*+2/p-4. The summed E-state index contributed by atoms with van der Waals surface area (Å²) in [7, 11) is -19.8. The first-order valence-corrected chi connectivity index (χ1v) is 34.4. The SMILES string of the molecule is [Fe+2].[Fe+2].[O-][Cl+3]([O-])([O-])[O-].[O-][Cl+3]([O-])([O-])[O-].[O-][Cl+3]([O-])([O-])[O-].[O-][Cl+3]([O-])([O-])[O-].c1ccc(-c2cccc(-c3cccc(-c4cccc(-c5cccc(-c6cccc(-c7ccccn7)n6)n5)n4)n3)n2)nc1.c1ccc(-c2cccc(-c3cccc(-c4cccc(-c5cccc(-c6cccc(-c7ccccn7)n6)n5)n4)n3)n2)nc1. The van der Waals surface area contributed by atoms with Gasteiger partial charge in [-0.05, 0) is 170 Å². The quantitative estimate of drug-likeness (QED) is 0.105. The third-order valence-electron chi connectivity index (χ3n) is 13.3. The zero-order valence-electron chi connectivity index (χ0n) is 53.6. The second-order valence-electron chi connectivity index (χ2n) is 20.5. The van der Waals surface area contributed by atoms with E-state index in [9.17, 15) is 0 Å². The Balaban J connectivity index is 0.000000232. The fraction of sp³-hybridized carbons (Fsp3) is 0. The van der Waals surface area contributed by atoms with Gasteiger partial charge in [0, 0.05) is 24.8 Å². The van der Waals surface area contributed by atoms with E-state index in [2.05, 4.69) is 19.9 Å². The molecule has 0 amide bonds. The van der Waals surface area contributed by atoms with Crippen molar-refractivity contribution < 1.29 is 150 Å². The minimum Gasteiger partial charge on any atom is -0.255 e. The monoisotopic (exact) mass is 1590 g/mol. The van der Waals surface area contributed by atoms with Gasteiger partial charge in [-0.3, -0.25) is 19.9 Å². The van der Waals surface area contributed by atoms with Gasteiger partial charge in [-0.25, -0.2) is 124 Å². The smallest absolute Gasteiger partial charge is 0.255 e. The van der Waals surface area contributed by atoms with Gasteiger partial charge >= 0.3 is 34.1 Å². The molecule has 14 aromatic heterocycles. The maximum absolute atomic E-state index is 8.49. The van der Waals surface area contributed by atoms with Crippen molar-refractivity contribution in [1.82, 2.24) is 69.8 Å². The molecule has 14 aromatic rings. The molecule has 0 bridgehead atoms. The molecule has 14 rings (SSSR count). The number of nitrogens with zero attached hydrogens (tertiary/aromatic N) is 14. The first kappa shape index (κ1) is 82.9. The molecule has 30 nitrogen and oxygen atoms in total. The molecule has 0 aliphatic rings. The molecule has 0 aliphatic heterocycles. The summed E-state index contributed by atoms with van der Waals surface area (Å²) in [5.74, 6) is 0. The van der Waals surface area contributed by atoms with Crippen LogP contribution in [0.25, 0.3) is 137 Å². The Labute approximate surface area is 631 Å². The van der Waals surface area contributed by atoms with Gasteiger partial charge in [0.2, 0.25) is 0 Å². The predicted molar refractivity (Wildman–Crippen MR) is 327 cm³/mol. The molecule has 0 unspecified atom stereocenters.